The van der Waals surface area contributed by atoms with Crippen LogP contribution in [-0.4, -0.2) is 27.5 Å². The van der Waals surface area contributed by atoms with Gasteiger partial charge in [-0.25, -0.2) is 0 Å². The number of hydrogen-bond donors (Lipinski definition) is 0. The first-order chi connectivity index (χ1) is 11.9. The van der Waals surface area contributed by atoms with Gasteiger partial charge in [0.15, 0.2) is 17.0 Å². The summed E-state index contributed by atoms with van der Waals surface area (Å²) >= 11 is 0. The van der Waals surface area contributed by atoms with Crippen LogP contribution in [0.1, 0.15) is 32.2 Å². The Balaban J connectivity index is 1.82. The van der Waals surface area contributed by atoms with E-state index in [0.29, 0.717) is 5.56 Å². The molecule has 25 heavy (non-hydrogen) atoms. The monoisotopic (exact) mass is 338 g/mol. The molecule has 2 aliphatic rings. The molecule has 2 atom stereocenters. The van der Waals surface area contributed by atoms with Crippen molar-refractivity contribution < 1.29 is 19.4 Å². The van der Waals surface area contributed by atoms with Crippen LogP contribution in [-0.2, 0) is 0 Å². The van der Waals surface area contributed by atoms with Crippen molar-refractivity contribution in [3.05, 3.63) is 85.4 Å². The van der Waals surface area contributed by atoms with Gasteiger partial charge in [0.1, 0.15) is 0 Å². The van der Waals surface area contributed by atoms with Gasteiger partial charge >= 0.3 is 0 Å². The second-order valence-corrected chi connectivity index (χ2v) is 6.13. The molecule has 0 saturated heterocycles. The minimum absolute atomic E-state index is 0.163. The summed E-state index contributed by atoms with van der Waals surface area (Å²) in [6.07, 6.45) is 0. The van der Waals surface area contributed by atoms with E-state index < -0.39 is 38.8 Å². The summed E-state index contributed by atoms with van der Waals surface area (Å²) in [6, 6.07) is 10.0. The summed E-state index contributed by atoms with van der Waals surface area (Å²) in [4.78, 5) is 46.8. The Kier molecular flexibility index (Phi) is 2.90. The van der Waals surface area contributed by atoms with E-state index in [2.05, 4.69) is 0 Å². The first kappa shape index (κ1) is 15.1. The lowest BCUT2D eigenvalue weighted by Gasteiger charge is -2.03. The van der Waals surface area contributed by atoms with Gasteiger partial charge in [0, 0.05) is 28.2 Å². The van der Waals surface area contributed by atoms with Crippen molar-refractivity contribution in [2.45, 2.75) is 12.0 Å². The molecule has 0 aliphatic heterocycles. The molecule has 2 aliphatic carbocycles. The number of carbonyl (C=O) groups is 2. The van der Waals surface area contributed by atoms with Crippen molar-refractivity contribution in [1.29, 1.82) is 0 Å². The summed E-state index contributed by atoms with van der Waals surface area (Å²) in [5.74, 6) is -2.01. The molecule has 0 unspecified atom stereocenters. The molecule has 8 heteroatoms. The molecule has 1 spiro atoms. The van der Waals surface area contributed by atoms with E-state index in [1.54, 1.807) is 12.1 Å². The number of Topliss-reactive ketones (excluding diaryl/α,β-unsaturated/α-hetero) is 2. The summed E-state index contributed by atoms with van der Waals surface area (Å²) in [7, 11) is 0. The van der Waals surface area contributed by atoms with E-state index in [0.717, 1.165) is 0 Å². The maximum absolute atomic E-state index is 12.8. The molecule has 0 radical (unpaired) electrons. The molecule has 0 amide bonds. The third kappa shape index (κ3) is 1.76. The molecule has 2 aromatic carbocycles. The number of carbonyl (C=O) groups excluding carboxylic acids is 2. The fourth-order valence-corrected chi connectivity index (χ4v) is 3.89. The van der Waals surface area contributed by atoms with E-state index in [1.165, 1.54) is 36.4 Å². The third-order valence-corrected chi connectivity index (χ3v) is 5.02. The van der Waals surface area contributed by atoms with Crippen LogP contribution in [0.15, 0.2) is 48.5 Å². The highest BCUT2D eigenvalue weighted by Crippen LogP contribution is 2.66. The molecular weight excluding hydrogens is 328 g/mol. The number of rotatable bonds is 3. The molecule has 0 aromatic heterocycles. The Morgan fingerprint density at radius 2 is 1.36 bits per heavy atom. The maximum atomic E-state index is 12.8. The Bertz CT molecular complexity index is 930. The quantitative estimate of drug-likeness (QED) is 0.481. The van der Waals surface area contributed by atoms with Crippen LogP contribution in [0.3, 0.4) is 0 Å². The molecule has 2 aromatic rings. The Morgan fingerprint density at radius 1 is 0.840 bits per heavy atom. The molecule has 8 nitrogen and oxygen atoms in total. The molecule has 1 saturated carbocycles. The first-order valence-electron chi connectivity index (χ1n) is 7.47. The van der Waals surface area contributed by atoms with E-state index in [1.807, 2.05) is 0 Å². The van der Waals surface area contributed by atoms with Crippen LogP contribution >= 0.6 is 0 Å². The van der Waals surface area contributed by atoms with Crippen molar-refractivity contribution in [2.24, 2.45) is 5.41 Å². The third-order valence-electron chi connectivity index (χ3n) is 5.02. The van der Waals surface area contributed by atoms with Crippen LogP contribution in [0.2, 0.25) is 0 Å². The fraction of sp³-hybridized carbons (Fsp3) is 0.176. The second kappa shape index (κ2) is 4.79. The SMILES string of the molecule is O=C1c2ccccc2C(=O)C12[C@@H](c1ccc([N+](=O)[O-])cc1)[C@H]2[N+](=O)[O-]. The Labute approximate surface area is 140 Å². The lowest BCUT2D eigenvalue weighted by molar-refractivity contribution is -0.500. The van der Waals surface area contributed by atoms with Gasteiger partial charge in [-0.15, -0.1) is 0 Å². The highest BCUT2D eigenvalue weighted by Gasteiger charge is 2.84. The average molecular weight is 338 g/mol. The zero-order valence-corrected chi connectivity index (χ0v) is 12.6. The summed E-state index contributed by atoms with van der Waals surface area (Å²) in [6.45, 7) is 0. The van der Waals surface area contributed by atoms with Gasteiger partial charge in [0.2, 0.25) is 6.04 Å². The predicted molar refractivity (Wildman–Crippen MR) is 84.2 cm³/mol. The van der Waals surface area contributed by atoms with Gasteiger partial charge < -0.3 is 0 Å². The van der Waals surface area contributed by atoms with Crippen molar-refractivity contribution in [3.63, 3.8) is 0 Å². The number of ketones is 2. The zero-order chi connectivity index (χ0) is 17.9. The van der Waals surface area contributed by atoms with Crippen molar-refractivity contribution in [3.8, 4) is 0 Å². The molecule has 0 N–H and O–H groups in total. The van der Waals surface area contributed by atoms with Gasteiger partial charge in [-0.3, -0.25) is 29.8 Å². The van der Waals surface area contributed by atoms with Crippen LogP contribution in [0.25, 0.3) is 0 Å². The van der Waals surface area contributed by atoms with Crippen LogP contribution in [0.5, 0.6) is 0 Å². The smallest absolute Gasteiger partial charge is 0.269 e. The highest BCUT2D eigenvalue weighted by molar-refractivity contribution is 6.33. The van der Waals surface area contributed by atoms with Crippen LogP contribution < -0.4 is 0 Å². The van der Waals surface area contributed by atoms with Gasteiger partial charge in [0.05, 0.1) is 10.8 Å². The van der Waals surface area contributed by atoms with Gasteiger partial charge in [-0.05, 0) is 5.56 Å². The number of non-ortho nitro benzene ring substituents is 1. The predicted octanol–water partition coefficient (Wildman–Crippen LogP) is 2.40. The summed E-state index contributed by atoms with van der Waals surface area (Å²) in [5.41, 5.74) is -1.12. The largest absolute Gasteiger partial charge is 0.293 e. The number of fused-ring (bicyclic) bond motifs is 1. The van der Waals surface area contributed by atoms with Crippen molar-refractivity contribution >= 4 is 17.3 Å². The van der Waals surface area contributed by atoms with Crippen molar-refractivity contribution in [1.82, 2.24) is 0 Å². The number of nitro groups is 2. The lowest BCUT2D eigenvalue weighted by Crippen LogP contribution is -2.25. The minimum atomic E-state index is -1.73. The number of benzene rings is 2. The number of hydrogen-bond acceptors (Lipinski definition) is 6. The van der Waals surface area contributed by atoms with E-state index in [-0.39, 0.29) is 16.8 Å². The van der Waals surface area contributed by atoms with Crippen LogP contribution in [0, 0.1) is 25.6 Å². The van der Waals surface area contributed by atoms with E-state index in [4.69, 9.17) is 0 Å². The highest BCUT2D eigenvalue weighted by atomic mass is 16.6. The van der Waals surface area contributed by atoms with Gasteiger partial charge in [0.25, 0.3) is 5.69 Å². The molecule has 124 valence electrons. The fourth-order valence-electron chi connectivity index (χ4n) is 3.89. The molecular formula is C17H10N2O6. The average Bonchev–Trinajstić information content (AvgIpc) is 3.27. The zero-order valence-electron chi connectivity index (χ0n) is 12.6. The van der Waals surface area contributed by atoms with Gasteiger partial charge in [-0.2, -0.15) is 0 Å². The Hall–Kier alpha value is -3.42. The molecule has 0 bridgehead atoms. The molecule has 0 heterocycles. The number of nitro benzene ring substituents is 1. The molecule has 1 fully saturated rings. The Morgan fingerprint density at radius 3 is 1.80 bits per heavy atom. The van der Waals surface area contributed by atoms with E-state index >= 15 is 0 Å². The topological polar surface area (TPSA) is 120 Å². The van der Waals surface area contributed by atoms with Gasteiger partial charge in [-0.1, -0.05) is 36.4 Å². The normalized spacial score (nSPS) is 22.7. The molecule has 4 rings (SSSR count). The second-order valence-electron chi connectivity index (χ2n) is 6.13. The van der Waals surface area contributed by atoms with E-state index in [9.17, 15) is 29.8 Å². The standard InChI is InChI=1S/C17H10N2O6/c20-15-11-3-1-2-4-12(11)16(21)17(15)13(14(17)19(24)25)9-5-7-10(8-6-9)18(22)23/h1-8,13-14H/t13-,14+/m0/s1. The van der Waals surface area contributed by atoms with Crippen LogP contribution in [0.4, 0.5) is 5.69 Å². The summed E-state index contributed by atoms with van der Waals surface area (Å²) in [5, 5.41) is 22.3. The first-order valence-corrected chi connectivity index (χ1v) is 7.47. The van der Waals surface area contributed by atoms with Crippen molar-refractivity contribution in [2.75, 3.05) is 0 Å². The number of nitrogens with zero attached hydrogens (tertiary/aromatic N) is 2. The minimum Gasteiger partial charge on any atom is -0.293 e. The summed E-state index contributed by atoms with van der Waals surface area (Å²) < 4.78 is 0. The maximum Gasteiger partial charge on any atom is 0.269 e. The lowest BCUT2D eigenvalue weighted by atomic mass is 9.93.